The highest BCUT2D eigenvalue weighted by atomic mass is 32.2. The molecular formula is C17H20F3N3O3S. The van der Waals surface area contributed by atoms with Gasteiger partial charge in [-0.05, 0) is 44.0 Å². The molecule has 1 aliphatic rings. The van der Waals surface area contributed by atoms with Gasteiger partial charge in [-0.1, -0.05) is 0 Å². The highest BCUT2D eigenvalue weighted by molar-refractivity contribution is 7.89. The van der Waals surface area contributed by atoms with Gasteiger partial charge >= 0.3 is 6.55 Å². The van der Waals surface area contributed by atoms with Crippen LogP contribution in [0.4, 0.5) is 13.2 Å². The molecule has 1 atom stereocenters. The fourth-order valence-electron chi connectivity index (χ4n) is 3.12. The van der Waals surface area contributed by atoms with Crippen molar-refractivity contribution in [2.24, 2.45) is 5.92 Å². The molecular weight excluding hydrogens is 383 g/mol. The first-order valence-corrected chi connectivity index (χ1v) is 9.94. The molecule has 1 saturated heterocycles. The van der Waals surface area contributed by atoms with Crippen molar-refractivity contribution in [1.29, 1.82) is 0 Å². The number of alkyl halides is 2. The Kier molecular flexibility index (Phi) is 5.75. The minimum atomic E-state index is -3.92. The second kappa shape index (κ2) is 7.89. The summed E-state index contributed by atoms with van der Waals surface area (Å²) in [5.74, 6) is 0.0893. The Morgan fingerprint density at radius 3 is 2.63 bits per heavy atom. The van der Waals surface area contributed by atoms with E-state index in [1.807, 2.05) is 0 Å². The lowest BCUT2D eigenvalue weighted by Gasteiger charge is -2.31. The molecule has 0 aliphatic carbocycles. The summed E-state index contributed by atoms with van der Waals surface area (Å²) < 4.78 is 71.7. The lowest BCUT2D eigenvalue weighted by atomic mass is 10.0. The van der Waals surface area contributed by atoms with Gasteiger partial charge in [-0.15, -0.1) is 0 Å². The molecule has 1 aromatic carbocycles. The molecule has 0 spiro atoms. The summed E-state index contributed by atoms with van der Waals surface area (Å²) in [4.78, 5) is -0.206. The zero-order valence-electron chi connectivity index (χ0n) is 14.7. The van der Waals surface area contributed by atoms with Crippen LogP contribution < -0.4 is 4.74 Å². The van der Waals surface area contributed by atoms with E-state index in [9.17, 15) is 21.6 Å². The topological polar surface area (TPSA) is 64.4 Å². The van der Waals surface area contributed by atoms with Crippen LogP contribution in [0.3, 0.4) is 0 Å². The van der Waals surface area contributed by atoms with Crippen LogP contribution in [-0.4, -0.2) is 42.2 Å². The number of rotatable bonds is 6. The summed E-state index contributed by atoms with van der Waals surface area (Å²) in [6.45, 7) is -0.762. The standard InChI is InChI=1S/C17H20F3N3O3S/c1-12-16(9-21-23(12)17(19)20)27(24,25)22-8-2-3-13(10-22)11-26-15-6-4-14(18)5-7-15/h4-7,9,13,17H,2-3,8,10-11H2,1H3/t13-/m1/s1. The minimum absolute atomic E-state index is 0.0518. The third-order valence-electron chi connectivity index (χ3n) is 4.58. The van der Waals surface area contributed by atoms with Gasteiger partial charge in [-0.2, -0.15) is 18.2 Å². The van der Waals surface area contributed by atoms with Crippen LogP contribution in [0.1, 0.15) is 25.1 Å². The quantitative estimate of drug-likeness (QED) is 0.743. The van der Waals surface area contributed by atoms with Crippen molar-refractivity contribution in [1.82, 2.24) is 14.1 Å². The molecule has 0 bridgehead atoms. The van der Waals surface area contributed by atoms with Crippen LogP contribution in [0.2, 0.25) is 0 Å². The first kappa shape index (κ1) is 19.7. The van der Waals surface area contributed by atoms with Crippen molar-refractivity contribution in [3.05, 3.63) is 42.0 Å². The fraction of sp³-hybridized carbons (Fsp3) is 0.471. The predicted molar refractivity (Wildman–Crippen MR) is 91.6 cm³/mol. The molecule has 10 heteroatoms. The van der Waals surface area contributed by atoms with Crippen LogP contribution in [0, 0.1) is 18.7 Å². The maximum atomic E-state index is 12.9. The van der Waals surface area contributed by atoms with Crippen LogP contribution in [0.15, 0.2) is 35.4 Å². The third kappa shape index (κ3) is 4.27. The number of benzene rings is 1. The van der Waals surface area contributed by atoms with Gasteiger partial charge in [0.2, 0.25) is 10.0 Å². The van der Waals surface area contributed by atoms with Gasteiger partial charge in [0, 0.05) is 19.0 Å². The molecule has 2 aromatic rings. The van der Waals surface area contributed by atoms with Gasteiger partial charge in [0.05, 0.1) is 18.5 Å². The molecule has 1 aliphatic heterocycles. The Balaban J connectivity index is 1.68. The van der Waals surface area contributed by atoms with E-state index < -0.39 is 16.6 Å². The first-order valence-electron chi connectivity index (χ1n) is 8.50. The maximum absolute atomic E-state index is 12.9. The average Bonchev–Trinajstić information content (AvgIpc) is 3.04. The molecule has 148 valence electrons. The van der Waals surface area contributed by atoms with Gasteiger partial charge in [0.1, 0.15) is 16.5 Å². The number of piperidine rings is 1. The zero-order chi connectivity index (χ0) is 19.6. The van der Waals surface area contributed by atoms with Crippen LogP contribution in [0.5, 0.6) is 5.75 Å². The number of hydrogen-bond donors (Lipinski definition) is 0. The van der Waals surface area contributed by atoms with Crippen molar-refractivity contribution < 1.29 is 26.3 Å². The van der Waals surface area contributed by atoms with Crippen molar-refractivity contribution in [2.45, 2.75) is 31.2 Å². The highest BCUT2D eigenvalue weighted by Gasteiger charge is 2.33. The molecule has 0 amide bonds. The molecule has 27 heavy (non-hydrogen) atoms. The zero-order valence-corrected chi connectivity index (χ0v) is 15.5. The van der Waals surface area contributed by atoms with E-state index in [2.05, 4.69) is 5.10 Å². The van der Waals surface area contributed by atoms with E-state index in [-0.39, 0.29) is 35.5 Å². The summed E-state index contributed by atoms with van der Waals surface area (Å²) in [5, 5.41) is 3.48. The van der Waals surface area contributed by atoms with Crippen LogP contribution >= 0.6 is 0 Å². The fourth-order valence-corrected chi connectivity index (χ4v) is 4.82. The summed E-state index contributed by atoms with van der Waals surface area (Å²) in [6.07, 6.45) is 2.39. The Morgan fingerprint density at radius 1 is 1.30 bits per heavy atom. The SMILES string of the molecule is Cc1c(S(=O)(=O)N2CCC[C@@H](COc3ccc(F)cc3)C2)cnn1C(F)F. The monoisotopic (exact) mass is 403 g/mol. The summed E-state index contributed by atoms with van der Waals surface area (Å²) in [6, 6.07) is 5.59. The van der Waals surface area contributed by atoms with Gasteiger partial charge < -0.3 is 4.74 Å². The third-order valence-corrected chi connectivity index (χ3v) is 6.55. The number of sulfonamides is 1. The van der Waals surface area contributed by atoms with E-state index in [0.29, 0.717) is 23.4 Å². The second-order valence-corrected chi connectivity index (χ2v) is 8.36. The number of hydrogen-bond acceptors (Lipinski definition) is 4. The van der Waals surface area contributed by atoms with Crippen molar-refractivity contribution >= 4 is 10.0 Å². The summed E-state index contributed by atoms with van der Waals surface area (Å²) in [5.41, 5.74) is -0.0883. The van der Waals surface area contributed by atoms with Gasteiger partial charge in [0.15, 0.2) is 0 Å². The maximum Gasteiger partial charge on any atom is 0.333 e. The largest absolute Gasteiger partial charge is 0.493 e. The lowest BCUT2D eigenvalue weighted by Crippen LogP contribution is -2.41. The highest BCUT2D eigenvalue weighted by Crippen LogP contribution is 2.27. The van der Waals surface area contributed by atoms with E-state index in [1.165, 1.54) is 35.5 Å². The molecule has 6 nitrogen and oxygen atoms in total. The smallest absolute Gasteiger partial charge is 0.333 e. The Bertz CT molecular complexity index is 885. The first-order chi connectivity index (χ1) is 12.8. The van der Waals surface area contributed by atoms with E-state index in [1.54, 1.807) is 0 Å². The van der Waals surface area contributed by atoms with Crippen molar-refractivity contribution in [3.8, 4) is 5.75 Å². The number of ether oxygens (including phenoxy) is 1. The van der Waals surface area contributed by atoms with Crippen LogP contribution in [-0.2, 0) is 10.0 Å². The van der Waals surface area contributed by atoms with Gasteiger partial charge in [-0.3, -0.25) is 0 Å². The Hall–Kier alpha value is -2.07. The lowest BCUT2D eigenvalue weighted by molar-refractivity contribution is 0.0541. The van der Waals surface area contributed by atoms with Gasteiger partial charge in [0.25, 0.3) is 0 Å². The van der Waals surface area contributed by atoms with E-state index in [0.717, 1.165) is 12.6 Å². The van der Waals surface area contributed by atoms with E-state index >= 15 is 0 Å². The van der Waals surface area contributed by atoms with Crippen molar-refractivity contribution in [2.75, 3.05) is 19.7 Å². The predicted octanol–water partition coefficient (Wildman–Crippen LogP) is 3.21. The number of aromatic nitrogens is 2. The average molecular weight is 403 g/mol. The van der Waals surface area contributed by atoms with Gasteiger partial charge in [-0.25, -0.2) is 17.5 Å². The number of nitrogens with zero attached hydrogens (tertiary/aromatic N) is 3. The molecule has 0 unspecified atom stereocenters. The molecule has 2 heterocycles. The Labute approximate surface area is 155 Å². The van der Waals surface area contributed by atoms with Crippen molar-refractivity contribution in [3.63, 3.8) is 0 Å². The normalized spacial score (nSPS) is 18.8. The molecule has 1 fully saturated rings. The summed E-state index contributed by atoms with van der Waals surface area (Å²) >= 11 is 0. The molecule has 0 N–H and O–H groups in total. The molecule has 3 rings (SSSR count). The van der Waals surface area contributed by atoms with Crippen LogP contribution in [0.25, 0.3) is 0 Å². The molecule has 1 aromatic heterocycles. The second-order valence-electron chi connectivity index (χ2n) is 6.45. The molecule has 0 saturated carbocycles. The number of halogens is 3. The van der Waals surface area contributed by atoms with E-state index in [4.69, 9.17) is 4.74 Å². The minimum Gasteiger partial charge on any atom is -0.493 e. The summed E-state index contributed by atoms with van der Waals surface area (Å²) in [7, 11) is -3.92. The molecule has 0 radical (unpaired) electrons. The Morgan fingerprint density at radius 2 is 2.00 bits per heavy atom.